The van der Waals surface area contributed by atoms with Crippen LogP contribution >= 0.6 is 0 Å². The number of para-hydroxylation sites is 3. The number of benzene rings is 3. The monoisotopic (exact) mass is 525 g/mol. The Balaban J connectivity index is 1.14. The molecule has 0 bridgehead atoms. The summed E-state index contributed by atoms with van der Waals surface area (Å²) in [5, 5.41) is 0. The minimum Gasteiger partial charge on any atom is -0.292 e. The highest BCUT2D eigenvalue weighted by Gasteiger charge is 2.40. The number of dihydropyridines is 1. The van der Waals surface area contributed by atoms with E-state index in [1.165, 1.54) is 39.0 Å². The van der Waals surface area contributed by atoms with E-state index in [1.807, 2.05) is 6.21 Å². The van der Waals surface area contributed by atoms with E-state index >= 15 is 0 Å². The van der Waals surface area contributed by atoms with Crippen LogP contribution in [0.4, 0.5) is 0 Å². The van der Waals surface area contributed by atoms with Crippen LogP contribution in [0.3, 0.4) is 0 Å². The van der Waals surface area contributed by atoms with Crippen molar-refractivity contribution in [3.8, 4) is 17.1 Å². The third-order valence-electron chi connectivity index (χ3n) is 9.13. The van der Waals surface area contributed by atoms with Gasteiger partial charge in [-0.1, -0.05) is 96.6 Å². The van der Waals surface area contributed by atoms with E-state index in [0.29, 0.717) is 5.92 Å². The van der Waals surface area contributed by atoms with Gasteiger partial charge in [0.2, 0.25) is 0 Å². The van der Waals surface area contributed by atoms with E-state index in [1.54, 1.807) is 5.57 Å². The summed E-state index contributed by atoms with van der Waals surface area (Å²) in [6.07, 6.45) is 20.1. The van der Waals surface area contributed by atoms with Crippen molar-refractivity contribution in [3.05, 3.63) is 160 Å². The maximum Gasteiger partial charge on any atom is 0.145 e. The summed E-state index contributed by atoms with van der Waals surface area (Å²) < 4.78 is 2.27. The van der Waals surface area contributed by atoms with Gasteiger partial charge >= 0.3 is 0 Å². The van der Waals surface area contributed by atoms with Gasteiger partial charge in [0, 0.05) is 23.4 Å². The summed E-state index contributed by atoms with van der Waals surface area (Å²) in [6, 6.07) is 28.1. The maximum atomic E-state index is 5.07. The van der Waals surface area contributed by atoms with Crippen LogP contribution < -0.4 is 0 Å². The molecule has 5 aliphatic rings. The zero-order valence-electron chi connectivity index (χ0n) is 22.5. The van der Waals surface area contributed by atoms with Gasteiger partial charge in [-0.25, -0.2) is 4.98 Å². The summed E-state index contributed by atoms with van der Waals surface area (Å²) in [7, 11) is 0. The molecule has 2 atom stereocenters. The van der Waals surface area contributed by atoms with Crippen molar-refractivity contribution >= 4 is 22.8 Å². The Morgan fingerprint density at radius 2 is 1.56 bits per heavy atom. The van der Waals surface area contributed by atoms with E-state index in [9.17, 15) is 0 Å². The van der Waals surface area contributed by atoms with Crippen molar-refractivity contribution in [2.24, 2.45) is 10.9 Å². The fourth-order valence-corrected chi connectivity index (χ4v) is 7.31. The van der Waals surface area contributed by atoms with Crippen molar-refractivity contribution in [2.75, 3.05) is 0 Å². The summed E-state index contributed by atoms with van der Waals surface area (Å²) in [4.78, 5) is 9.93. The minimum absolute atomic E-state index is 0.133. The first-order valence-electron chi connectivity index (χ1n) is 14.4. The number of hydrogen-bond acceptors (Lipinski definition) is 2. The molecule has 0 saturated heterocycles. The Hall–Kier alpha value is -5.02. The van der Waals surface area contributed by atoms with Crippen molar-refractivity contribution in [1.82, 2.24) is 9.55 Å². The van der Waals surface area contributed by atoms with Gasteiger partial charge in [-0.15, -0.1) is 0 Å². The van der Waals surface area contributed by atoms with E-state index < -0.39 is 0 Å². The average Bonchev–Trinajstić information content (AvgIpc) is 3.43. The van der Waals surface area contributed by atoms with Gasteiger partial charge in [0.25, 0.3) is 0 Å². The van der Waals surface area contributed by atoms with Crippen LogP contribution in [0.5, 0.6) is 0 Å². The van der Waals surface area contributed by atoms with Crippen molar-refractivity contribution < 1.29 is 0 Å². The second-order valence-corrected chi connectivity index (χ2v) is 11.3. The fourth-order valence-electron chi connectivity index (χ4n) is 7.31. The summed E-state index contributed by atoms with van der Waals surface area (Å²) in [6.45, 7) is 0. The third kappa shape index (κ3) is 3.39. The van der Waals surface area contributed by atoms with E-state index in [2.05, 4.69) is 126 Å². The van der Waals surface area contributed by atoms with Gasteiger partial charge in [-0.05, 0) is 82.2 Å². The molecule has 2 heterocycles. The molecule has 0 saturated carbocycles. The molecule has 3 heteroatoms. The van der Waals surface area contributed by atoms with Gasteiger partial charge in [-0.3, -0.25) is 9.56 Å². The fraction of sp³-hybridized carbons (Fsp3) is 0.105. The summed E-state index contributed by atoms with van der Waals surface area (Å²) in [5.74, 6) is 1.30. The van der Waals surface area contributed by atoms with E-state index in [4.69, 9.17) is 9.98 Å². The summed E-state index contributed by atoms with van der Waals surface area (Å²) >= 11 is 0. The zero-order chi connectivity index (χ0) is 26.9. The highest BCUT2D eigenvalue weighted by atomic mass is 15.1. The summed E-state index contributed by atoms with van der Waals surface area (Å²) in [5.41, 5.74) is 15.6. The van der Waals surface area contributed by atoms with Gasteiger partial charge < -0.3 is 0 Å². The largest absolute Gasteiger partial charge is 0.292 e. The molecular formula is C38H27N3. The molecule has 194 valence electrons. The molecule has 0 amide bonds. The molecule has 0 N–H and O–H groups in total. The van der Waals surface area contributed by atoms with Gasteiger partial charge in [-0.2, -0.15) is 0 Å². The molecule has 0 radical (unpaired) electrons. The molecule has 3 nitrogen and oxygen atoms in total. The Labute approximate surface area is 239 Å². The number of hydrogen-bond donors (Lipinski definition) is 0. The standard InChI is InChI=1S/C38H27N3/c1-2-8-29(9-3-1)41-34-11-5-4-10-33(34)40-38(41)26-14-12-24(13-15-26)30-19-16-25-17-21-32-36-27(18-20-31(30)35(25)36)23-28-7-6-22-39-37(28)32/h1-17,19,21-23,35,37H,18,20H2. The van der Waals surface area contributed by atoms with E-state index in [0.717, 1.165) is 41.0 Å². The van der Waals surface area contributed by atoms with Crippen LogP contribution in [-0.4, -0.2) is 21.8 Å². The molecule has 4 aromatic rings. The number of allylic oxidation sites excluding steroid dienone is 10. The molecular weight excluding hydrogens is 498 g/mol. The molecule has 9 rings (SSSR count). The third-order valence-corrected chi connectivity index (χ3v) is 9.13. The molecule has 1 aliphatic heterocycles. The van der Waals surface area contributed by atoms with E-state index in [-0.39, 0.29) is 6.04 Å². The molecule has 1 aromatic heterocycles. The topological polar surface area (TPSA) is 30.2 Å². The average molecular weight is 526 g/mol. The number of rotatable bonds is 3. The quantitative estimate of drug-likeness (QED) is 0.264. The van der Waals surface area contributed by atoms with Crippen molar-refractivity contribution in [3.63, 3.8) is 0 Å². The Bertz CT molecular complexity index is 2020. The first-order chi connectivity index (χ1) is 20.3. The van der Waals surface area contributed by atoms with Crippen LogP contribution in [0.25, 0.3) is 33.7 Å². The molecule has 0 spiro atoms. The Morgan fingerprint density at radius 1 is 0.732 bits per heavy atom. The predicted octanol–water partition coefficient (Wildman–Crippen LogP) is 8.54. The Kier molecular flexibility index (Phi) is 4.85. The highest BCUT2D eigenvalue weighted by Crippen LogP contribution is 2.53. The van der Waals surface area contributed by atoms with Crippen molar-refractivity contribution in [2.45, 2.75) is 18.9 Å². The number of imidazole rings is 1. The molecule has 41 heavy (non-hydrogen) atoms. The second-order valence-electron chi connectivity index (χ2n) is 11.3. The van der Waals surface area contributed by atoms with Crippen LogP contribution in [0.1, 0.15) is 18.4 Å². The Morgan fingerprint density at radius 3 is 2.46 bits per heavy atom. The predicted molar refractivity (Wildman–Crippen MR) is 168 cm³/mol. The van der Waals surface area contributed by atoms with Crippen LogP contribution in [-0.2, 0) is 0 Å². The lowest BCUT2D eigenvalue weighted by Gasteiger charge is -2.42. The molecule has 4 aliphatic carbocycles. The van der Waals surface area contributed by atoms with Gasteiger partial charge in [0.1, 0.15) is 11.9 Å². The number of aromatic nitrogens is 2. The zero-order valence-corrected chi connectivity index (χ0v) is 22.5. The second kappa shape index (κ2) is 8.74. The number of aliphatic imine (C=N–C) groups is 1. The molecule has 0 fully saturated rings. The van der Waals surface area contributed by atoms with Crippen LogP contribution in [0.2, 0.25) is 0 Å². The molecule has 2 unspecified atom stereocenters. The lowest BCUT2D eigenvalue weighted by atomic mass is 9.63. The number of nitrogens with zero attached hydrogens (tertiary/aromatic N) is 3. The maximum absolute atomic E-state index is 5.07. The van der Waals surface area contributed by atoms with Gasteiger partial charge in [0.15, 0.2) is 0 Å². The SMILES string of the molecule is C1=CC2=CC3=C4C(=CC=C5C=CC(c6ccc(-c7nc8ccccc8n7-c7ccccc7)cc6)=C(CC3)C54)C2N=C1. The lowest BCUT2D eigenvalue weighted by molar-refractivity contribution is 0.686. The number of fused-ring (bicyclic) bond motifs is 3. The lowest BCUT2D eigenvalue weighted by Crippen LogP contribution is -2.30. The highest BCUT2D eigenvalue weighted by molar-refractivity contribution is 5.86. The first-order valence-corrected chi connectivity index (χ1v) is 14.4. The molecule has 3 aromatic carbocycles. The smallest absolute Gasteiger partial charge is 0.145 e. The first kappa shape index (κ1) is 22.8. The van der Waals surface area contributed by atoms with Crippen LogP contribution in [0, 0.1) is 5.92 Å². The minimum atomic E-state index is 0.133. The normalized spacial score (nSPS) is 21.9. The van der Waals surface area contributed by atoms with Crippen LogP contribution in [0.15, 0.2) is 160 Å². The van der Waals surface area contributed by atoms with Crippen molar-refractivity contribution in [1.29, 1.82) is 0 Å². The van der Waals surface area contributed by atoms with Gasteiger partial charge in [0.05, 0.1) is 11.0 Å².